The number of amides is 1. The number of nitro benzene ring substituents is 1. The van der Waals surface area contributed by atoms with Crippen molar-refractivity contribution in [1.29, 1.82) is 0 Å². The number of rotatable bonds is 3. The van der Waals surface area contributed by atoms with E-state index < -0.39 is 0 Å². The summed E-state index contributed by atoms with van der Waals surface area (Å²) in [6.45, 7) is 3.36. The number of nitro groups is 1. The number of likely N-dealkylation sites (tertiary alicyclic amines) is 1. The van der Waals surface area contributed by atoms with Crippen LogP contribution in [-0.4, -0.2) is 56.9 Å². The predicted octanol–water partition coefficient (Wildman–Crippen LogP) is 3.97. The molecule has 168 valence electrons. The number of hydrogen-bond acceptors (Lipinski definition) is 4. The highest BCUT2D eigenvalue weighted by Gasteiger charge is 2.46. The van der Waals surface area contributed by atoms with E-state index in [2.05, 4.69) is 15.9 Å². The molecule has 3 aliphatic heterocycles. The Morgan fingerprint density at radius 2 is 2.06 bits per heavy atom. The van der Waals surface area contributed by atoms with Crippen LogP contribution in [0.15, 0.2) is 42.1 Å². The molecule has 1 aromatic carbocycles. The molecule has 3 fully saturated rings. The van der Waals surface area contributed by atoms with Gasteiger partial charge in [0.15, 0.2) is 0 Å². The third-order valence-electron chi connectivity index (χ3n) is 8.27. The maximum atomic E-state index is 13.6. The van der Waals surface area contributed by atoms with Crippen molar-refractivity contribution in [2.45, 2.75) is 57.2 Å². The molecule has 0 N–H and O–H groups in total. The van der Waals surface area contributed by atoms with Gasteiger partial charge in [-0.25, -0.2) is 0 Å². The van der Waals surface area contributed by atoms with Crippen LogP contribution in [0.25, 0.3) is 10.9 Å². The van der Waals surface area contributed by atoms with E-state index in [0.717, 1.165) is 31.4 Å². The lowest BCUT2D eigenvalue weighted by molar-refractivity contribution is -0.383. The number of carbonyl (C=O) groups excluding carboxylic acids is 1. The van der Waals surface area contributed by atoms with E-state index >= 15 is 0 Å². The van der Waals surface area contributed by atoms with Crippen LogP contribution in [0.1, 0.15) is 38.5 Å². The molecule has 0 spiro atoms. The first-order chi connectivity index (χ1) is 15.6. The Morgan fingerprint density at radius 3 is 2.94 bits per heavy atom. The molecule has 3 saturated heterocycles. The van der Waals surface area contributed by atoms with Gasteiger partial charge in [-0.3, -0.25) is 19.8 Å². The predicted molar refractivity (Wildman–Crippen MR) is 122 cm³/mol. The van der Waals surface area contributed by atoms with Crippen LogP contribution in [0.3, 0.4) is 0 Å². The zero-order valence-electron chi connectivity index (χ0n) is 18.4. The van der Waals surface area contributed by atoms with Crippen LogP contribution in [0.4, 0.5) is 5.69 Å². The molecule has 0 radical (unpaired) electrons. The van der Waals surface area contributed by atoms with Gasteiger partial charge in [0.05, 0.1) is 21.9 Å². The van der Waals surface area contributed by atoms with Crippen molar-refractivity contribution in [2.75, 3.05) is 19.6 Å². The molecule has 6 rings (SSSR count). The third-order valence-corrected chi connectivity index (χ3v) is 8.27. The largest absolute Gasteiger partial charge is 0.338 e. The first-order valence-corrected chi connectivity index (χ1v) is 12.1. The van der Waals surface area contributed by atoms with Crippen molar-refractivity contribution >= 4 is 22.5 Å². The van der Waals surface area contributed by atoms with Crippen LogP contribution in [0, 0.1) is 22.0 Å². The lowest BCUT2D eigenvalue weighted by Crippen LogP contribution is -2.60. The molecule has 4 aliphatic rings. The smallest absolute Gasteiger partial charge is 0.278 e. The standard InChI is InChI=1S/C25H30N4O3/c30-24(16-27-12-9-20-22(27)7-3-8-23(20)29(31)32)28-11-4-5-17-13-18-14-19(25(17)28)15-26-10-2-1-6-21(18)26/h3,7-9,12-13,18-19,21,25H,1-2,4-6,10-11,14-16H2/t18-,19+,21?,25?/m1/s1. The number of non-ortho nitro benzene ring substituents is 1. The zero-order valence-corrected chi connectivity index (χ0v) is 18.4. The molecule has 2 aromatic rings. The fourth-order valence-electron chi connectivity index (χ4n) is 6.99. The monoisotopic (exact) mass is 434 g/mol. The van der Waals surface area contributed by atoms with E-state index in [0.29, 0.717) is 23.3 Å². The van der Waals surface area contributed by atoms with Gasteiger partial charge in [-0.1, -0.05) is 24.1 Å². The van der Waals surface area contributed by atoms with Crippen molar-refractivity contribution in [1.82, 2.24) is 14.4 Å². The first-order valence-electron chi connectivity index (χ1n) is 12.1. The van der Waals surface area contributed by atoms with Gasteiger partial charge < -0.3 is 9.47 Å². The summed E-state index contributed by atoms with van der Waals surface area (Å²) in [7, 11) is 0. The summed E-state index contributed by atoms with van der Waals surface area (Å²) in [5.74, 6) is 1.31. The highest BCUT2D eigenvalue weighted by atomic mass is 16.6. The number of aromatic nitrogens is 1. The number of benzene rings is 1. The SMILES string of the molecule is O=C(Cn1ccc2c([N+](=O)[O-])cccc21)N1CCCC2=C[C@@H]3C[C@@H](CN4CCCCC34)C21. The maximum Gasteiger partial charge on any atom is 0.278 e. The summed E-state index contributed by atoms with van der Waals surface area (Å²) >= 11 is 0. The molecule has 0 saturated carbocycles. The second kappa shape index (κ2) is 7.73. The van der Waals surface area contributed by atoms with Gasteiger partial charge in [0.1, 0.15) is 6.54 Å². The molecule has 1 aromatic heterocycles. The Bertz CT molecular complexity index is 1110. The lowest BCUT2D eigenvalue weighted by Gasteiger charge is -2.54. The van der Waals surface area contributed by atoms with Crippen LogP contribution in [0.2, 0.25) is 0 Å². The van der Waals surface area contributed by atoms with Gasteiger partial charge in [-0.2, -0.15) is 0 Å². The van der Waals surface area contributed by atoms with Crippen molar-refractivity contribution in [3.8, 4) is 0 Å². The fraction of sp³-hybridized carbons (Fsp3) is 0.560. The average molecular weight is 435 g/mol. The van der Waals surface area contributed by atoms with Crippen LogP contribution < -0.4 is 0 Å². The molecular formula is C25H30N4O3. The molecule has 1 amide bonds. The highest BCUT2D eigenvalue weighted by molar-refractivity contribution is 5.90. The number of piperidine rings is 3. The van der Waals surface area contributed by atoms with Gasteiger partial charge in [0.2, 0.25) is 5.91 Å². The molecule has 1 aliphatic carbocycles. The summed E-state index contributed by atoms with van der Waals surface area (Å²) in [5, 5.41) is 12.0. The van der Waals surface area contributed by atoms with Crippen molar-refractivity contribution in [2.24, 2.45) is 11.8 Å². The van der Waals surface area contributed by atoms with Crippen molar-refractivity contribution in [3.63, 3.8) is 0 Å². The van der Waals surface area contributed by atoms with E-state index in [1.807, 2.05) is 16.8 Å². The van der Waals surface area contributed by atoms with Crippen LogP contribution >= 0.6 is 0 Å². The molecular weight excluding hydrogens is 404 g/mol. The van der Waals surface area contributed by atoms with Crippen molar-refractivity contribution < 1.29 is 9.72 Å². The van der Waals surface area contributed by atoms with E-state index in [4.69, 9.17) is 0 Å². The zero-order chi connectivity index (χ0) is 21.8. The third kappa shape index (κ3) is 3.17. The summed E-state index contributed by atoms with van der Waals surface area (Å²) < 4.78 is 1.87. The topological polar surface area (TPSA) is 71.6 Å². The molecule has 32 heavy (non-hydrogen) atoms. The molecule has 2 unspecified atom stereocenters. The Morgan fingerprint density at radius 1 is 1.16 bits per heavy atom. The molecule has 2 bridgehead atoms. The molecule has 7 nitrogen and oxygen atoms in total. The Kier molecular flexibility index (Phi) is 4.82. The summed E-state index contributed by atoms with van der Waals surface area (Å²) in [6, 6.07) is 7.77. The lowest BCUT2D eigenvalue weighted by atomic mass is 9.68. The van der Waals surface area contributed by atoms with E-state index in [-0.39, 0.29) is 29.1 Å². The second-order valence-corrected chi connectivity index (χ2v) is 10.0. The van der Waals surface area contributed by atoms with Gasteiger partial charge >= 0.3 is 0 Å². The van der Waals surface area contributed by atoms with Gasteiger partial charge in [0, 0.05) is 31.4 Å². The van der Waals surface area contributed by atoms with E-state index in [1.165, 1.54) is 43.9 Å². The molecule has 7 heteroatoms. The Balaban J connectivity index is 1.27. The quantitative estimate of drug-likeness (QED) is 0.416. The number of carbonyl (C=O) groups is 1. The summed E-state index contributed by atoms with van der Waals surface area (Å²) in [4.78, 5) is 29.4. The average Bonchev–Trinajstić information content (AvgIpc) is 3.21. The molecule has 4 heterocycles. The summed E-state index contributed by atoms with van der Waals surface area (Å²) in [5.41, 5.74) is 2.33. The van der Waals surface area contributed by atoms with Gasteiger partial charge in [0.25, 0.3) is 5.69 Å². The van der Waals surface area contributed by atoms with Gasteiger partial charge in [-0.15, -0.1) is 0 Å². The number of hydrogen-bond donors (Lipinski definition) is 0. The van der Waals surface area contributed by atoms with Gasteiger partial charge in [-0.05, 0) is 62.6 Å². The minimum absolute atomic E-state index is 0.0912. The minimum atomic E-state index is -0.356. The minimum Gasteiger partial charge on any atom is -0.338 e. The first kappa shape index (κ1) is 20.0. The Hall–Kier alpha value is -2.67. The number of nitrogens with zero attached hydrogens (tertiary/aromatic N) is 4. The van der Waals surface area contributed by atoms with Crippen LogP contribution in [0.5, 0.6) is 0 Å². The fourth-order valence-corrected chi connectivity index (χ4v) is 6.99. The van der Waals surface area contributed by atoms with Crippen molar-refractivity contribution in [3.05, 3.63) is 52.2 Å². The second-order valence-electron chi connectivity index (χ2n) is 10.0. The normalized spacial score (nSPS) is 29.9. The highest BCUT2D eigenvalue weighted by Crippen LogP contribution is 2.45. The van der Waals surface area contributed by atoms with E-state index in [9.17, 15) is 14.9 Å². The summed E-state index contributed by atoms with van der Waals surface area (Å²) in [6.07, 6.45) is 11.7. The van der Waals surface area contributed by atoms with E-state index in [1.54, 1.807) is 12.1 Å². The number of fused-ring (bicyclic) bond motifs is 7. The Labute approximate surface area is 187 Å². The van der Waals surface area contributed by atoms with Crippen LogP contribution in [-0.2, 0) is 11.3 Å². The maximum absolute atomic E-state index is 13.6. The molecule has 4 atom stereocenters.